The highest BCUT2D eigenvalue weighted by atomic mass is 79.9. The molecule has 11 heteroatoms. The quantitative estimate of drug-likeness (QED) is 0.725. The second-order valence-electron chi connectivity index (χ2n) is 4.89. The van der Waals surface area contributed by atoms with Crippen LogP contribution in [0.4, 0.5) is 0 Å². The van der Waals surface area contributed by atoms with Gasteiger partial charge in [0.25, 0.3) is 0 Å². The fourth-order valence-electron chi connectivity index (χ4n) is 1.92. The van der Waals surface area contributed by atoms with Gasteiger partial charge in [-0.3, -0.25) is 9.59 Å². The molecule has 1 atom stereocenters. The van der Waals surface area contributed by atoms with Crippen molar-refractivity contribution in [1.29, 1.82) is 0 Å². The van der Waals surface area contributed by atoms with Gasteiger partial charge in [0.2, 0.25) is 11.8 Å². The van der Waals surface area contributed by atoms with E-state index in [2.05, 4.69) is 26.3 Å². The van der Waals surface area contributed by atoms with Gasteiger partial charge in [0, 0.05) is 23.9 Å². The lowest BCUT2D eigenvalue weighted by atomic mass is 10.2. The average molecular weight is 436 g/mol. The molecule has 0 unspecified atom stereocenters. The normalized spacial score (nSPS) is 17.4. The van der Waals surface area contributed by atoms with Crippen molar-refractivity contribution in [3.63, 3.8) is 0 Å². The number of carbonyl (C=O) groups is 2. The number of hydrazone groups is 1. The van der Waals surface area contributed by atoms with Gasteiger partial charge < -0.3 is 9.50 Å². The molecule has 0 aromatic heterocycles. The van der Waals surface area contributed by atoms with Gasteiger partial charge in [-0.05, 0) is 18.2 Å². The van der Waals surface area contributed by atoms with E-state index in [9.17, 15) is 18.0 Å². The summed E-state index contributed by atoms with van der Waals surface area (Å²) in [6.07, 6.45) is 0.933. The highest BCUT2D eigenvalue weighted by molar-refractivity contribution is 9.10. The molecule has 1 heterocycles. The molecule has 1 aromatic carbocycles. The van der Waals surface area contributed by atoms with Crippen molar-refractivity contribution in [1.82, 2.24) is 10.3 Å². The van der Waals surface area contributed by atoms with Crippen LogP contribution in [0.15, 0.2) is 27.8 Å². The predicted octanol–water partition coefficient (Wildman–Crippen LogP) is 1.79. The number of hydrogen-bond acceptors (Lipinski definition) is 7. The minimum absolute atomic E-state index is 0.0868. The molecule has 2 amide bonds. The summed E-state index contributed by atoms with van der Waals surface area (Å²) in [6.45, 7) is 2.65. The zero-order valence-electron chi connectivity index (χ0n) is 12.9. The van der Waals surface area contributed by atoms with E-state index in [-0.39, 0.29) is 22.7 Å². The van der Waals surface area contributed by atoms with Gasteiger partial charge in [-0.15, -0.1) is 5.10 Å². The molecule has 0 saturated heterocycles. The van der Waals surface area contributed by atoms with Crippen LogP contribution in [0, 0.1) is 0 Å². The molecule has 0 fully saturated rings. The maximum Gasteiger partial charge on any atom is 0.306 e. The first-order valence-electron chi connectivity index (χ1n) is 6.58. The molecule has 1 N–H and O–H groups in total. The minimum Gasteiger partial charge on any atom is -0.382 e. The maximum absolute atomic E-state index is 11.9. The van der Waals surface area contributed by atoms with E-state index < -0.39 is 15.5 Å². The number of carbonyl (C=O) groups excluding carboxylic acids is 2. The first kappa shape index (κ1) is 18.7. The molecular weight excluding hydrogens is 422 g/mol. The van der Waals surface area contributed by atoms with E-state index in [1.54, 1.807) is 12.1 Å². The van der Waals surface area contributed by atoms with Crippen molar-refractivity contribution in [3.8, 4) is 5.75 Å². The molecule has 1 aromatic rings. The van der Waals surface area contributed by atoms with Crippen molar-refractivity contribution >= 4 is 54.8 Å². The van der Waals surface area contributed by atoms with Crippen molar-refractivity contribution in [2.45, 2.75) is 19.2 Å². The van der Waals surface area contributed by atoms with Gasteiger partial charge in [0.15, 0.2) is 5.17 Å². The Labute approximate surface area is 151 Å². The Morgan fingerprint density at radius 2 is 2.04 bits per heavy atom. The summed E-state index contributed by atoms with van der Waals surface area (Å²) in [5.41, 5.74) is 0.430. The van der Waals surface area contributed by atoms with Crippen LogP contribution in [-0.2, 0) is 19.7 Å². The molecular formula is C13H14BrN3O5S2. The summed E-state index contributed by atoms with van der Waals surface area (Å²) in [5.74, 6) is -0.603. The van der Waals surface area contributed by atoms with Crippen LogP contribution >= 0.6 is 27.7 Å². The molecule has 1 aliphatic heterocycles. The van der Waals surface area contributed by atoms with E-state index >= 15 is 0 Å². The van der Waals surface area contributed by atoms with Gasteiger partial charge in [0.1, 0.15) is 11.1 Å². The van der Waals surface area contributed by atoms with Crippen LogP contribution < -0.4 is 9.50 Å². The third kappa shape index (κ3) is 4.71. The molecule has 0 radical (unpaired) electrons. The summed E-state index contributed by atoms with van der Waals surface area (Å²) in [4.78, 5) is 23.1. The van der Waals surface area contributed by atoms with E-state index in [4.69, 9.17) is 4.18 Å². The third-order valence-electron chi connectivity index (χ3n) is 2.73. The molecule has 130 valence electrons. The number of nitrogens with zero attached hydrogens (tertiary/aromatic N) is 2. The van der Waals surface area contributed by atoms with Gasteiger partial charge in [-0.2, -0.15) is 8.42 Å². The maximum atomic E-state index is 11.9. The molecule has 0 bridgehead atoms. The molecule has 0 saturated carbocycles. The monoisotopic (exact) mass is 435 g/mol. The van der Waals surface area contributed by atoms with Gasteiger partial charge in [-0.1, -0.05) is 27.7 Å². The van der Waals surface area contributed by atoms with Crippen LogP contribution in [-0.4, -0.2) is 36.7 Å². The second kappa shape index (κ2) is 7.11. The number of rotatable bonds is 3. The standard InChI is InChI=1S/C13H14BrN3O5S2/c1-7(18)15-13-16-17(8(2)19)12(23-13)10-6-9(14)4-5-11(10)22-24(3,20)21/h4-6,12H,1-3H3,(H,15,16,18)/t12-/m0/s1. The molecule has 1 aliphatic rings. The molecule has 0 spiro atoms. The van der Waals surface area contributed by atoms with Crippen LogP contribution in [0.1, 0.15) is 24.8 Å². The zero-order chi connectivity index (χ0) is 18.1. The van der Waals surface area contributed by atoms with Crippen LogP contribution in [0.3, 0.4) is 0 Å². The number of amides is 2. The Morgan fingerprint density at radius 1 is 1.38 bits per heavy atom. The number of hydrogen-bond donors (Lipinski definition) is 1. The zero-order valence-corrected chi connectivity index (χ0v) is 16.2. The number of halogens is 1. The van der Waals surface area contributed by atoms with Gasteiger partial charge in [0.05, 0.1) is 6.26 Å². The van der Waals surface area contributed by atoms with E-state index in [0.717, 1.165) is 23.0 Å². The first-order chi connectivity index (χ1) is 11.1. The Bertz CT molecular complexity index is 825. The summed E-state index contributed by atoms with van der Waals surface area (Å²) in [7, 11) is -3.75. The van der Waals surface area contributed by atoms with Gasteiger partial charge in [-0.25, -0.2) is 5.01 Å². The molecule has 2 rings (SSSR count). The van der Waals surface area contributed by atoms with E-state index in [1.807, 2.05) is 0 Å². The highest BCUT2D eigenvalue weighted by Gasteiger charge is 2.35. The topological polar surface area (TPSA) is 105 Å². The number of amidine groups is 1. The Morgan fingerprint density at radius 3 is 2.58 bits per heavy atom. The lowest BCUT2D eigenvalue weighted by molar-refractivity contribution is -0.129. The fourth-order valence-corrected chi connectivity index (χ4v) is 3.93. The average Bonchev–Trinajstić information content (AvgIpc) is 2.82. The van der Waals surface area contributed by atoms with Crippen LogP contribution in [0.25, 0.3) is 0 Å². The SMILES string of the molecule is CC(=O)NC1=NN(C(C)=O)[C@H](c2cc(Br)ccc2OS(C)(=O)=O)S1. The molecule has 8 nitrogen and oxygen atoms in total. The smallest absolute Gasteiger partial charge is 0.306 e. The van der Waals surface area contributed by atoms with Crippen molar-refractivity contribution in [2.75, 3.05) is 6.26 Å². The van der Waals surface area contributed by atoms with Crippen LogP contribution in [0.5, 0.6) is 5.75 Å². The number of thioether (sulfide) groups is 1. The number of nitrogens with one attached hydrogen (secondary N) is 1. The first-order valence-corrected chi connectivity index (χ1v) is 10.1. The Hall–Kier alpha value is -1.59. The Kier molecular flexibility index (Phi) is 5.56. The van der Waals surface area contributed by atoms with Crippen LogP contribution in [0.2, 0.25) is 0 Å². The minimum atomic E-state index is -3.75. The molecule has 0 aliphatic carbocycles. The predicted molar refractivity (Wildman–Crippen MR) is 93.7 cm³/mol. The van der Waals surface area contributed by atoms with Crippen molar-refractivity contribution in [2.24, 2.45) is 5.10 Å². The summed E-state index contributed by atoms with van der Waals surface area (Å²) in [5, 5.41) is 7.32. The van der Waals surface area contributed by atoms with Crippen molar-refractivity contribution in [3.05, 3.63) is 28.2 Å². The largest absolute Gasteiger partial charge is 0.382 e. The third-order valence-corrected chi connectivity index (χ3v) is 4.79. The van der Waals surface area contributed by atoms with E-state index in [0.29, 0.717) is 10.0 Å². The summed E-state index contributed by atoms with van der Waals surface area (Å²) < 4.78 is 28.6. The number of benzene rings is 1. The Balaban J connectivity index is 2.44. The summed E-state index contributed by atoms with van der Waals surface area (Å²) >= 11 is 4.42. The fraction of sp³-hybridized carbons (Fsp3) is 0.308. The lowest BCUT2D eigenvalue weighted by Gasteiger charge is -2.21. The van der Waals surface area contributed by atoms with Gasteiger partial charge >= 0.3 is 10.1 Å². The lowest BCUT2D eigenvalue weighted by Crippen LogP contribution is -2.25. The highest BCUT2D eigenvalue weighted by Crippen LogP contribution is 2.43. The van der Waals surface area contributed by atoms with E-state index in [1.165, 1.54) is 19.9 Å². The second-order valence-corrected chi connectivity index (χ2v) is 8.45. The molecule has 24 heavy (non-hydrogen) atoms. The van der Waals surface area contributed by atoms with Crippen molar-refractivity contribution < 1.29 is 22.2 Å². The summed E-state index contributed by atoms with van der Waals surface area (Å²) in [6, 6.07) is 4.74.